The zero-order chi connectivity index (χ0) is 20.9. The molecule has 6 nitrogen and oxygen atoms in total. The number of hydrogen-bond acceptors (Lipinski definition) is 4. The molecule has 160 valence electrons. The van der Waals surface area contributed by atoms with E-state index in [0.717, 1.165) is 18.8 Å². The number of hydrogen-bond donors (Lipinski definition) is 1. The lowest BCUT2D eigenvalue weighted by atomic mass is 9.95. The van der Waals surface area contributed by atoms with Gasteiger partial charge in [0.25, 0.3) is 5.91 Å². The Labute approximate surface area is 182 Å². The molecule has 1 atom stereocenters. The van der Waals surface area contributed by atoms with Gasteiger partial charge in [0.15, 0.2) is 0 Å². The van der Waals surface area contributed by atoms with Crippen molar-refractivity contribution in [3.63, 3.8) is 0 Å². The van der Waals surface area contributed by atoms with Crippen LogP contribution < -0.4 is 5.32 Å². The topological polar surface area (TPSA) is 65.8 Å². The maximum atomic E-state index is 12.8. The highest BCUT2D eigenvalue weighted by Gasteiger charge is 2.30. The predicted octanol–water partition coefficient (Wildman–Crippen LogP) is 3.74. The summed E-state index contributed by atoms with van der Waals surface area (Å²) in [5.41, 5.74) is 0.634. The lowest BCUT2D eigenvalue weighted by Gasteiger charge is -2.32. The van der Waals surface area contributed by atoms with Crippen molar-refractivity contribution in [2.24, 2.45) is 5.92 Å². The van der Waals surface area contributed by atoms with Crippen molar-refractivity contribution in [2.45, 2.75) is 31.7 Å². The van der Waals surface area contributed by atoms with Crippen LogP contribution in [0.3, 0.4) is 0 Å². The zero-order valence-corrected chi connectivity index (χ0v) is 17.8. The van der Waals surface area contributed by atoms with Gasteiger partial charge in [-0.05, 0) is 75.2 Å². The van der Waals surface area contributed by atoms with Gasteiger partial charge in [0.2, 0.25) is 5.91 Å². The molecule has 7 heteroatoms. The summed E-state index contributed by atoms with van der Waals surface area (Å²) in [6, 6.07) is 10.9. The van der Waals surface area contributed by atoms with Gasteiger partial charge in [-0.25, -0.2) is 0 Å². The number of carbonyl (C=O) groups excluding carboxylic acids is 2. The van der Waals surface area contributed by atoms with Crippen LogP contribution in [0, 0.1) is 5.92 Å². The minimum Gasteiger partial charge on any atom is -0.468 e. The van der Waals surface area contributed by atoms with Crippen LogP contribution in [0.1, 0.15) is 47.8 Å². The summed E-state index contributed by atoms with van der Waals surface area (Å²) >= 11 is 5.90. The second kappa shape index (κ2) is 9.67. The molecule has 2 aliphatic rings. The number of halogens is 1. The molecule has 2 aromatic rings. The normalized spacial score (nSPS) is 19.0. The molecule has 2 amide bonds. The van der Waals surface area contributed by atoms with Crippen LogP contribution in [0.4, 0.5) is 0 Å². The largest absolute Gasteiger partial charge is 0.468 e. The Bertz CT molecular complexity index is 839. The lowest BCUT2D eigenvalue weighted by molar-refractivity contribution is -0.126. The first-order valence-corrected chi connectivity index (χ1v) is 11.1. The number of nitrogens with one attached hydrogen (secondary N) is 1. The standard InChI is InChI=1S/C23H28ClN3O3/c24-19-7-5-18(6-8-19)23(29)27-13-9-17(10-14-27)22(28)25-16-20(21-4-3-15-30-21)26-11-1-2-12-26/h3-8,15,17,20H,1-2,9-14,16H2,(H,25,28). The Hall–Kier alpha value is -2.31. The molecular weight excluding hydrogens is 402 g/mol. The summed E-state index contributed by atoms with van der Waals surface area (Å²) in [6.07, 6.45) is 5.42. The van der Waals surface area contributed by atoms with E-state index in [1.54, 1.807) is 30.5 Å². The number of amides is 2. The molecule has 1 N–H and O–H groups in total. The third kappa shape index (κ3) is 4.87. The smallest absolute Gasteiger partial charge is 0.253 e. The second-order valence-corrected chi connectivity index (χ2v) is 8.53. The molecule has 2 saturated heterocycles. The Morgan fingerprint density at radius 1 is 1.07 bits per heavy atom. The van der Waals surface area contributed by atoms with E-state index in [1.165, 1.54) is 12.8 Å². The number of nitrogens with zero attached hydrogens (tertiary/aromatic N) is 2. The minimum atomic E-state index is -0.0601. The number of carbonyl (C=O) groups is 2. The van der Waals surface area contributed by atoms with Crippen LogP contribution in [0.25, 0.3) is 0 Å². The summed E-state index contributed by atoms with van der Waals surface area (Å²) in [7, 11) is 0. The van der Waals surface area contributed by atoms with Crippen LogP contribution >= 0.6 is 11.6 Å². The molecule has 3 heterocycles. The molecule has 0 radical (unpaired) electrons. The maximum absolute atomic E-state index is 12.8. The van der Waals surface area contributed by atoms with Crippen molar-refractivity contribution in [2.75, 3.05) is 32.7 Å². The molecule has 2 fully saturated rings. The molecule has 0 bridgehead atoms. The van der Waals surface area contributed by atoms with Gasteiger partial charge in [0.05, 0.1) is 12.3 Å². The molecular formula is C23H28ClN3O3. The third-order valence-electron chi connectivity index (χ3n) is 6.17. The van der Waals surface area contributed by atoms with Crippen LogP contribution in [-0.4, -0.2) is 54.3 Å². The monoisotopic (exact) mass is 429 g/mol. The van der Waals surface area contributed by atoms with Gasteiger partial charge < -0.3 is 14.6 Å². The van der Waals surface area contributed by atoms with E-state index in [4.69, 9.17) is 16.0 Å². The van der Waals surface area contributed by atoms with Crippen molar-refractivity contribution < 1.29 is 14.0 Å². The van der Waals surface area contributed by atoms with Gasteiger partial charge in [-0.1, -0.05) is 11.6 Å². The van der Waals surface area contributed by atoms with E-state index in [0.29, 0.717) is 43.1 Å². The lowest BCUT2D eigenvalue weighted by Crippen LogP contribution is -2.44. The fraction of sp³-hybridized carbons (Fsp3) is 0.478. The fourth-order valence-corrected chi connectivity index (χ4v) is 4.53. The highest BCUT2D eigenvalue weighted by atomic mass is 35.5. The third-order valence-corrected chi connectivity index (χ3v) is 6.42. The van der Waals surface area contributed by atoms with Gasteiger partial charge in [0, 0.05) is 36.1 Å². The van der Waals surface area contributed by atoms with E-state index in [9.17, 15) is 9.59 Å². The first-order valence-electron chi connectivity index (χ1n) is 10.7. The summed E-state index contributed by atoms with van der Waals surface area (Å²) in [5, 5.41) is 3.76. The van der Waals surface area contributed by atoms with Gasteiger partial charge in [-0.15, -0.1) is 0 Å². The Morgan fingerprint density at radius 2 is 1.77 bits per heavy atom. The molecule has 2 aliphatic heterocycles. The highest BCUT2D eigenvalue weighted by Crippen LogP contribution is 2.26. The van der Waals surface area contributed by atoms with E-state index >= 15 is 0 Å². The van der Waals surface area contributed by atoms with Crippen molar-refractivity contribution in [3.8, 4) is 0 Å². The van der Waals surface area contributed by atoms with Crippen LogP contribution in [0.2, 0.25) is 5.02 Å². The summed E-state index contributed by atoms with van der Waals surface area (Å²) in [6.45, 7) is 3.80. The predicted molar refractivity (Wildman–Crippen MR) is 115 cm³/mol. The van der Waals surface area contributed by atoms with E-state index in [1.807, 2.05) is 17.0 Å². The van der Waals surface area contributed by atoms with Gasteiger partial charge in [-0.2, -0.15) is 0 Å². The molecule has 30 heavy (non-hydrogen) atoms. The Morgan fingerprint density at radius 3 is 2.40 bits per heavy atom. The van der Waals surface area contributed by atoms with Gasteiger partial charge in [-0.3, -0.25) is 14.5 Å². The van der Waals surface area contributed by atoms with Crippen molar-refractivity contribution >= 4 is 23.4 Å². The average Bonchev–Trinajstić information content (AvgIpc) is 3.49. The quantitative estimate of drug-likeness (QED) is 0.759. The highest BCUT2D eigenvalue weighted by molar-refractivity contribution is 6.30. The molecule has 0 saturated carbocycles. The first kappa shape index (κ1) is 20.9. The zero-order valence-electron chi connectivity index (χ0n) is 17.1. The van der Waals surface area contributed by atoms with Crippen LogP contribution in [0.5, 0.6) is 0 Å². The summed E-state index contributed by atoms with van der Waals surface area (Å²) < 4.78 is 5.63. The van der Waals surface area contributed by atoms with Crippen molar-refractivity contribution in [1.82, 2.24) is 15.1 Å². The minimum absolute atomic E-state index is 0.00237. The summed E-state index contributed by atoms with van der Waals surface area (Å²) in [5.74, 6) is 0.914. The Balaban J connectivity index is 1.28. The second-order valence-electron chi connectivity index (χ2n) is 8.09. The number of benzene rings is 1. The molecule has 1 aromatic heterocycles. The van der Waals surface area contributed by atoms with E-state index < -0.39 is 0 Å². The Kier molecular flexibility index (Phi) is 6.75. The SMILES string of the molecule is O=C(NCC(c1ccco1)N1CCCC1)C1CCN(C(=O)c2ccc(Cl)cc2)CC1. The van der Waals surface area contributed by atoms with Gasteiger partial charge >= 0.3 is 0 Å². The summed E-state index contributed by atoms with van der Waals surface area (Å²) in [4.78, 5) is 29.6. The number of rotatable bonds is 6. The number of furan rings is 1. The van der Waals surface area contributed by atoms with Crippen LogP contribution in [-0.2, 0) is 4.79 Å². The van der Waals surface area contributed by atoms with E-state index in [2.05, 4.69) is 10.2 Å². The van der Waals surface area contributed by atoms with Crippen LogP contribution in [0.15, 0.2) is 47.1 Å². The average molecular weight is 430 g/mol. The van der Waals surface area contributed by atoms with Crippen molar-refractivity contribution in [3.05, 3.63) is 59.0 Å². The maximum Gasteiger partial charge on any atom is 0.253 e. The van der Waals surface area contributed by atoms with Crippen molar-refractivity contribution in [1.29, 1.82) is 0 Å². The molecule has 4 rings (SSSR count). The van der Waals surface area contributed by atoms with Gasteiger partial charge in [0.1, 0.15) is 5.76 Å². The first-order chi connectivity index (χ1) is 14.6. The molecule has 1 unspecified atom stereocenters. The molecule has 1 aromatic carbocycles. The fourth-order valence-electron chi connectivity index (χ4n) is 4.41. The molecule has 0 aliphatic carbocycles. The van der Waals surface area contributed by atoms with E-state index in [-0.39, 0.29) is 23.8 Å². The number of likely N-dealkylation sites (tertiary alicyclic amines) is 2. The molecule has 0 spiro atoms. The number of piperidine rings is 1.